The molecular weight excluding hydrogens is 336 g/mol. The van der Waals surface area contributed by atoms with E-state index in [9.17, 15) is 4.79 Å². The largest absolute Gasteiger partial charge is 0.481 e. The molecule has 1 unspecified atom stereocenters. The molecule has 1 N–H and O–H groups in total. The van der Waals surface area contributed by atoms with Crippen molar-refractivity contribution in [3.63, 3.8) is 0 Å². The molecule has 0 radical (unpaired) electrons. The van der Waals surface area contributed by atoms with Crippen LogP contribution in [0.2, 0.25) is 0 Å². The lowest BCUT2D eigenvalue weighted by Gasteiger charge is -2.39. The van der Waals surface area contributed by atoms with Crippen molar-refractivity contribution in [1.82, 2.24) is 9.47 Å². The summed E-state index contributed by atoms with van der Waals surface area (Å²) in [5.41, 5.74) is 6.00. The standard InChI is InChI=1S/C23H30N2O2/c26-22(27)11-12-24-13-14-25-20-10-9-17(16-5-2-1-3-6-16)15-19(20)18-7-4-8-21(24)23(18)25/h9-10,15-16,21H,1-8,11-14H2,(H,26,27). The number of aromatic nitrogens is 1. The summed E-state index contributed by atoms with van der Waals surface area (Å²) in [5.74, 6) is 0.0630. The second-order valence-corrected chi connectivity index (χ2v) is 8.71. The summed E-state index contributed by atoms with van der Waals surface area (Å²) in [6, 6.07) is 7.68. The molecule has 0 bridgehead atoms. The monoisotopic (exact) mass is 366 g/mol. The van der Waals surface area contributed by atoms with Crippen LogP contribution in [0.5, 0.6) is 0 Å². The van der Waals surface area contributed by atoms with Crippen molar-refractivity contribution in [2.75, 3.05) is 13.1 Å². The van der Waals surface area contributed by atoms with Crippen LogP contribution in [-0.2, 0) is 17.8 Å². The lowest BCUT2D eigenvalue weighted by atomic mass is 9.83. The third-order valence-corrected chi connectivity index (χ3v) is 7.20. The van der Waals surface area contributed by atoms with Gasteiger partial charge in [-0.05, 0) is 61.3 Å². The normalized spacial score (nSPS) is 23.5. The van der Waals surface area contributed by atoms with Gasteiger partial charge in [0.1, 0.15) is 0 Å². The van der Waals surface area contributed by atoms with Crippen LogP contribution in [0.25, 0.3) is 10.9 Å². The highest BCUT2D eigenvalue weighted by Crippen LogP contribution is 2.44. The van der Waals surface area contributed by atoms with Gasteiger partial charge in [-0.1, -0.05) is 25.3 Å². The molecule has 1 aromatic heterocycles. The summed E-state index contributed by atoms with van der Waals surface area (Å²) >= 11 is 0. The van der Waals surface area contributed by atoms with Gasteiger partial charge in [-0.25, -0.2) is 0 Å². The summed E-state index contributed by atoms with van der Waals surface area (Å²) < 4.78 is 2.55. The number of carboxylic acids is 1. The van der Waals surface area contributed by atoms with E-state index in [1.807, 2.05) is 0 Å². The quantitative estimate of drug-likeness (QED) is 0.841. The maximum atomic E-state index is 11.1. The number of aryl methyl sites for hydroxylation is 1. The van der Waals surface area contributed by atoms with Crippen LogP contribution in [0.1, 0.15) is 80.1 Å². The Morgan fingerprint density at radius 2 is 1.93 bits per heavy atom. The Labute approximate surface area is 161 Å². The van der Waals surface area contributed by atoms with Gasteiger partial charge in [0.15, 0.2) is 0 Å². The number of hydrogen-bond acceptors (Lipinski definition) is 2. The van der Waals surface area contributed by atoms with Gasteiger partial charge in [-0.15, -0.1) is 0 Å². The zero-order valence-corrected chi connectivity index (χ0v) is 16.1. The van der Waals surface area contributed by atoms with Crippen molar-refractivity contribution in [1.29, 1.82) is 0 Å². The first-order valence-corrected chi connectivity index (χ1v) is 10.8. The Balaban J connectivity index is 1.53. The van der Waals surface area contributed by atoms with Gasteiger partial charge in [0.25, 0.3) is 0 Å². The van der Waals surface area contributed by atoms with E-state index >= 15 is 0 Å². The van der Waals surface area contributed by atoms with Crippen molar-refractivity contribution in [2.45, 2.75) is 76.3 Å². The smallest absolute Gasteiger partial charge is 0.304 e. The van der Waals surface area contributed by atoms with Gasteiger partial charge in [-0.3, -0.25) is 9.69 Å². The van der Waals surface area contributed by atoms with Gasteiger partial charge >= 0.3 is 5.97 Å². The molecule has 27 heavy (non-hydrogen) atoms. The first-order valence-electron chi connectivity index (χ1n) is 10.8. The summed E-state index contributed by atoms with van der Waals surface area (Å²) in [6.45, 7) is 2.64. The Bertz CT molecular complexity index is 863. The summed E-state index contributed by atoms with van der Waals surface area (Å²) in [6.07, 6.45) is 10.7. The molecule has 144 valence electrons. The number of carboxylic acid groups (broad SMARTS) is 1. The highest BCUT2D eigenvalue weighted by Gasteiger charge is 2.35. The average molecular weight is 367 g/mol. The molecule has 2 aromatic rings. The van der Waals surface area contributed by atoms with E-state index in [0.29, 0.717) is 12.6 Å². The van der Waals surface area contributed by atoms with Gasteiger partial charge in [0, 0.05) is 36.2 Å². The molecular formula is C23H30N2O2. The fourth-order valence-electron chi connectivity index (χ4n) is 5.89. The third kappa shape index (κ3) is 2.98. The number of rotatable bonds is 4. The fourth-order valence-corrected chi connectivity index (χ4v) is 5.89. The van der Waals surface area contributed by atoms with E-state index in [4.69, 9.17) is 5.11 Å². The SMILES string of the molecule is O=C(O)CCN1CCn2c3c(c4cc(C5CCCCC5)ccc42)CCCC31. The van der Waals surface area contributed by atoms with Gasteiger partial charge in [0.2, 0.25) is 0 Å². The van der Waals surface area contributed by atoms with Crippen LogP contribution in [0.15, 0.2) is 18.2 Å². The number of fused-ring (bicyclic) bond motifs is 3. The van der Waals surface area contributed by atoms with Crippen LogP contribution < -0.4 is 0 Å². The lowest BCUT2D eigenvalue weighted by molar-refractivity contribution is -0.137. The molecule has 3 aliphatic rings. The minimum atomic E-state index is -0.686. The first-order chi connectivity index (χ1) is 13.2. The van der Waals surface area contributed by atoms with Crippen LogP contribution >= 0.6 is 0 Å². The van der Waals surface area contributed by atoms with E-state index in [1.54, 1.807) is 11.1 Å². The molecule has 0 saturated heterocycles. The summed E-state index contributed by atoms with van der Waals surface area (Å²) in [7, 11) is 0. The zero-order chi connectivity index (χ0) is 18.4. The molecule has 1 fully saturated rings. The number of nitrogens with zero attached hydrogens (tertiary/aromatic N) is 2. The summed E-state index contributed by atoms with van der Waals surface area (Å²) in [4.78, 5) is 13.5. The maximum absolute atomic E-state index is 11.1. The Kier molecular flexibility index (Phi) is 4.47. The van der Waals surface area contributed by atoms with Crippen molar-refractivity contribution in [3.05, 3.63) is 35.0 Å². The van der Waals surface area contributed by atoms with Crippen LogP contribution in [0, 0.1) is 0 Å². The Morgan fingerprint density at radius 3 is 2.74 bits per heavy atom. The minimum Gasteiger partial charge on any atom is -0.481 e. The fraction of sp³-hybridized carbons (Fsp3) is 0.609. The predicted molar refractivity (Wildman–Crippen MR) is 107 cm³/mol. The number of benzene rings is 1. The molecule has 0 spiro atoms. The van der Waals surface area contributed by atoms with Crippen molar-refractivity contribution < 1.29 is 9.90 Å². The van der Waals surface area contributed by atoms with Crippen molar-refractivity contribution in [3.8, 4) is 0 Å². The van der Waals surface area contributed by atoms with Gasteiger partial charge in [-0.2, -0.15) is 0 Å². The summed E-state index contributed by atoms with van der Waals surface area (Å²) in [5, 5.41) is 10.6. The second kappa shape index (κ2) is 6.97. The molecule has 1 aliphatic heterocycles. The van der Waals surface area contributed by atoms with Gasteiger partial charge in [0.05, 0.1) is 12.5 Å². The zero-order valence-electron chi connectivity index (χ0n) is 16.1. The molecule has 1 aromatic carbocycles. The average Bonchev–Trinajstić information content (AvgIpc) is 3.03. The van der Waals surface area contributed by atoms with E-state index in [1.165, 1.54) is 68.0 Å². The third-order valence-electron chi connectivity index (χ3n) is 7.20. The minimum absolute atomic E-state index is 0.248. The topological polar surface area (TPSA) is 45.5 Å². The molecule has 0 amide bonds. The Morgan fingerprint density at radius 1 is 1.07 bits per heavy atom. The highest BCUT2D eigenvalue weighted by molar-refractivity contribution is 5.87. The van der Waals surface area contributed by atoms with E-state index < -0.39 is 5.97 Å². The predicted octanol–water partition coefficient (Wildman–Crippen LogP) is 4.86. The van der Waals surface area contributed by atoms with E-state index in [0.717, 1.165) is 19.0 Å². The highest BCUT2D eigenvalue weighted by atomic mass is 16.4. The molecule has 4 heteroatoms. The van der Waals surface area contributed by atoms with Crippen LogP contribution in [-0.4, -0.2) is 33.6 Å². The maximum Gasteiger partial charge on any atom is 0.304 e. The molecule has 4 nitrogen and oxygen atoms in total. The first kappa shape index (κ1) is 17.3. The molecule has 1 saturated carbocycles. The van der Waals surface area contributed by atoms with Crippen LogP contribution in [0.3, 0.4) is 0 Å². The van der Waals surface area contributed by atoms with Crippen LogP contribution in [0.4, 0.5) is 0 Å². The number of hydrogen-bond donors (Lipinski definition) is 1. The van der Waals surface area contributed by atoms with Crippen molar-refractivity contribution in [2.24, 2.45) is 0 Å². The van der Waals surface area contributed by atoms with E-state index in [-0.39, 0.29) is 6.42 Å². The second-order valence-electron chi connectivity index (χ2n) is 8.71. The number of carbonyl (C=O) groups is 1. The number of aliphatic carboxylic acids is 1. The van der Waals surface area contributed by atoms with E-state index in [2.05, 4.69) is 27.7 Å². The Hall–Kier alpha value is -1.81. The van der Waals surface area contributed by atoms with Gasteiger partial charge < -0.3 is 9.67 Å². The molecule has 1 atom stereocenters. The molecule has 5 rings (SSSR count). The van der Waals surface area contributed by atoms with Crippen molar-refractivity contribution >= 4 is 16.9 Å². The molecule has 2 aliphatic carbocycles. The lowest BCUT2D eigenvalue weighted by Crippen LogP contribution is -2.40. The molecule has 2 heterocycles.